The topological polar surface area (TPSA) is 48.0 Å². The highest BCUT2D eigenvalue weighted by molar-refractivity contribution is 9.10. The highest BCUT2D eigenvalue weighted by Gasteiger charge is 2.01. The summed E-state index contributed by atoms with van der Waals surface area (Å²) in [5.74, 6) is 0. The van der Waals surface area contributed by atoms with Gasteiger partial charge in [0.2, 0.25) is 0 Å². The first-order valence-corrected chi connectivity index (χ1v) is 6.44. The molecule has 94 valence electrons. The van der Waals surface area contributed by atoms with Gasteiger partial charge in [-0.1, -0.05) is 15.9 Å². The van der Waals surface area contributed by atoms with Gasteiger partial charge in [0.25, 0.3) is 0 Å². The molecule has 0 bridgehead atoms. The first-order valence-electron chi connectivity index (χ1n) is 5.65. The third-order valence-corrected chi connectivity index (χ3v) is 3.14. The van der Waals surface area contributed by atoms with Crippen molar-refractivity contribution in [3.05, 3.63) is 65.4 Å². The summed E-state index contributed by atoms with van der Waals surface area (Å²) in [5.41, 5.74) is 2.06. The fourth-order valence-corrected chi connectivity index (χ4v) is 1.98. The SMILES string of the molecule is Brc1ccc(-n2cccc2C=Nn2cnnc2)cc1. The van der Waals surface area contributed by atoms with Crippen LogP contribution in [-0.4, -0.2) is 25.7 Å². The third-order valence-electron chi connectivity index (χ3n) is 2.61. The molecule has 5 nitrogen and oxygen atoms in total. The highest BCUT2D eigenvalue weighted by Crippen LogP contribution is 2.15. The van der Waals surface area contributed by atoms with Crippen LogP contribution in [0.5, 0.6) is 0 Å². The molecular weight excluding hydrogens is 306 g/mol. The Hall–Kier alpha value is -2.21. The van der Waals surface area contributed by atoms with Crippen molar-refractivity contribution in [3.8, 4) is 5.69 Å². The molecule has 19 heavy (non-hydrogen) atoms. The van der Waals surface area contributed by atoms with Crippen LogP contribution in [0.3, 0.4) is 0 Å². The Bertz CT molecular complexity index is 682. The van der Waals surface area contributed by atoms with Gasteiger partial charge >= 0.3 is 0 Å². The van der Waals surface area contributed by atoms with E-state index in [1.165, 1.54) is 0 Å². The minimum Gasteiger partial charge on any atom is -0.316 e. The van der Waals surface area contributed by atoms with Crippen LogP contribution in [0, 0.1) is 0 Å². The number of nitrogens with zero attached hydrogens (tertiary/aromatic N) is 5. The quantitative estimate of drug-likeness (QED) is 0.698. The second-order valence-corrected chi connectivity index (χ2v) is 4.78. The summed E-state index contributed by atoms with van der Waals surface area (Å²) in [6, 6.07) is 12.1. The molecule has 2 heterocycles. The molecule has 0 fully saturated rings. The first kappa shape index (κ1) is 11.9. The molecule has 2 aromatic heterocycles. The van der Waals surface area contributed by atoms with Crippen LogP contribution in [0.1, 0.15) is 5.69 Å². The van der Waals surface area contributed by atoms with Gasteiger partial charge < -0.3 is 4.57 Å². The van der Waals surface area contributed by atoms with Gasteiger partial charge in [-0.2, -0.15) is 5.10 Å². The smallest absolute Gasteiger partial charge is 0.141 e. The van der Waals surface area contributed by atoms with Gasteiger partial charge in [-0.15, -0.1) is 10.2 Å². The lowest BCUT2D eigenvalue weighted by atomic mass is 10.3. The van der Waals surface area contributed by atoms with Crippen LogP contribution in [-0.2, 0) is 0 Å². The maximum Gasteiger partial charge on any atom is 0.141 e. The van der Waals surface area contributed by atoms with Crippen LogP contribution in [0.4, 0.5) is 0 Å². The van der Waals surface area contributed by atoms with Crippen LogP contribution in [0.25, 0.3) is 5.69 Å². The molecule has 0 radical (unpaired) electrons. The molecule has 6 heteroatoms. The second kappa shape index (κ2) is 5.19. The number of rotatable bonds is 3. The maximum atomic E-state index is 4.25. The summed E-state index contributed by atoms with van der Waals surface area (Å²) in [4.78, 5) is 0. The van der Waals surface area contributed by atoms with E-state index in [9.17, 15) is 0 Å². The van der Waals surface area contributed by atoms with E-state index >= 15 is 0 Å². The predicted octanol–water partition coefficient (Wildman–Crippen LogP) is 2.71. The summed E-state index contributed by atoms with van der Waals surface area (Å²) in [5, 5.41) is 11.6. The second-order valence-electron chi connectivity index (χ2n) is 3.87. The molecule has 0 unspecified atom stereocenters. The fourth-order valence-electron chi connectivity index (χ4n) is 1.72. The zero-order valence-corrected chi connectivity index (χ0v) is 11.5. The van der Waals surface area contributed by atoms with Gasteiger partial charge in [0, 0.05) is 16.4 Å². The monoisotopic (exact) mass is 315 g/mol. The van der Waals surface area contributed by atoms with E-state index in [4.69, 9.17) is 0 Å². The van der Waals surface area contributed by atoms with Crippen LogP contribution in [0.2, 0.25) is 0 Å². The Labute approximate surface area is 118 Å². The summed E-state index contributed by atoms with van der Waals surface area (Å²) >= 11 is 3.43. The zero-order valence-electron chi connectivity index (χ0n) is 9.89. The number of aromatic nitrogens is 4. The van der Waals surface area contributed by atoms with E-state index in [1.807, 2.05) is 42.6 Å². The first-order chi connectivity index (χ1) is 9.33. The van der Waals surface area contributed by atoms with Crippen molar-refractivity contribution in [1.82, 2.24) is 19.4 Å². The molecule has 0 N–H and O–H groups in total. The molecule has 0 saturated carbocycles. The molecule has 0 spiro atoms. The van der Waals surface area contributed by atoms with Gasteiger partial charge in [-0.05, 0) is 36.4 Å². The molecule has 0 aliphatic rings. The molecule has 0 amide bonds. The molecule has 0 saturated heterocycles. The van der Waals surface area contributed by atoms with E-state index < -0.39 is 0 Å². The van der Waals surface area contributed by atoms with Gasteiger partial charge in [-0.25, -0.2) is 4.68 Å². The van der Waals surface area contributed by atoms with Crippen molar-refractivity contribution in [1.29, 1.82) is 0 Å². The standard InChI is InChI=1S/C13H10BrN5/c14-11-3-5-12(6-4-11)19-7-1-2-13(19)8-17-18-9-15-16-10-18/h1-10H. The van der Waals surface area contributed by atoms with Gasteiger partial charge in [0.15, 0.2) is 0 Å². The van der Waals surface area contributed by atoms with Crippen molar-refractivity contribution >= 4 is 22.1 Å². The van der Waals surface area contributed by atoms with Crippen molar-refractivity contribution < 1.29 is 0 Å². The van der Waals surface area contributed by atoms with Crippen molar-refractivity contribution in [3.63, 3.8) is 0 Å². The number of halogens is 1. The minimum absolute atomic E-state index is 0.982. The Morgan fingerprint density at radius 2 is 1.79 bits per heavy atom. The molecule has 0 atom stereocenters. The predicted molar refractivity (Wildman–Crippen MR) is 76.5 cm³/mol. The lowest BCUT2D eigenvalue weighted by molar-refractivity contribution is 0.875. The number of benzene rings is 1. The lowest BCUT2D eigenvalue weighted by Gasteiger charge is -2.06. The van der Waals surface area contributed by atoms with Crippen LogP contribution >= 0.6 is 15.9 Å². The molecule has 3 rings (SSSR count). The van der Waals surface area contributed by atoms with Gasteiger partial charge in [-0.3, -0.25) is 0 Å². The largest absolute Gasteiger partial charge is 0.316 e. The van der Waals surface area contributed by atoms with Crippen LogP contribution < -0.4 is 0 Å². The van der Waals surface area contributed by atoms with Crippen molar-refractivity contribution in [2.24, 2.45) is 5.10 Å². The lowest BCUT2D eigenvalue weighted by Crippen LogP contribution is -1.98. The maximum absolute atomic E-state index is 4.25. The Balaban J connectivity index is 1.92. The Morgan fingerprint density at radius 3 is 2.53 bits per heavy atom. The summed E-state index contributed by atoms with van der Waals surface area (Å²) < 4.78 is 4.67. The number of hydrogen-bond acceptors (Lipinski definition) is 3. The molecule has 3 aromatic rings. The summed E-state index contributed by atoms with van der Waals surface area (Å²) in [6.45, 7) is 0. The van der Waals surface area contributed by atoms with Crippen LogP contribution in [0.15, 0.2) is 64.8 Å². The van der Waals surface area contributed by atoms with Crippen molar-refractivity contribution in [2.45, 2.75) is 0 Å². The highest BCUT2D eigenvalue weighted by atomic mass is 79.9. The number of hydrogen-bond donors (Lipinski definition) is 0. The average Bonchev–Trinajstić information content (AvgIpc) is 3.08. The summed E-state index contributed by atoms with van der Waals surface area (Å²) in [6.07, 6.45) is 6.86. The van der Waals surface area contributed by atoms with Crippen molar-refractivity contribution in [2.75, 3.05) is 0 Å². The Morgan fingerprint density at radius 1 is 1.05 bits per heavy atom. The summed E-state index contributed by atoms with van der Waals surface area (Å²) in [7, 11) is 0. The minimum atomic E-state index is 0.982. The van der Waals surface area contributed by atoms with E-state index in [0.717, 1.165) is 15.9 Å². The normalized spacial score (nSPS) is 11.2. The average molecular weight is 316 g/mol. The molecular formula is C13H10BrN5. The van der Waals surface area contributed by atoms with E-state index in [0.29, 0.717) is 0 Å². The van der Waals surface area contributed by atoms with Gasteiger partial charge in [0.05, 0.1) is 11.9 Å². The van der Waals surface area contributed by atoms with E-state index in [2.05, 4.69) is 35.8 Å². The Kier molecular flexibility index (Phi) is 3.24. The fraction of sp³-hybridized carbons (Fsp3) is 0. The third kappa shape index (κ3) is 2.63. The van der Waals surface area contributed by atoms with E-state index in [1.54, 1.807) is 23.5 Å². The zero-order chi connectivity index (χ0) is 13.1. The van der Waals surface area contributed by atoms with E-state index in [-0.39, 0.29) is 0 Å². The van der Waals surface area contributed by atoms with Gasteiger partial charge in [0.1, 0.15) is 12.7 Å². The molecule has 1 aromatic carbocycles. The molecule has 0 aliphatic carbocycles. The molecule has 0 aliphatic heterocycles.